The first-order valence-electron chi connectivity index (χ1n) is 3.91. The molecule has 14 heavy (non-hydrogen) atoms. The Morgan fingerprint density at radius 2 is 2.36 bits per heavy atom. The number of H-pyrrole nitrogens is 1. The molecule has 0 amide bonds. The van der Waals surface area contributed by atoms with E-state index in [-0.39, 0.29) is 11.7 Å². The molecule has 0 unspecified atom stereocenters. The van der Waals surface area contributed by atoms with E-state index in [0.717, 1.165) is 5.56 Å². The first kappa shape index (κ1) is 8.36. The number of nitrogens with zero attached hydrogens (tertiary/aromatic N) is 4. The van der Waals surface area contributed by atoms with Gasteiger partial charge in [0.15, 0.2) is 0 Å². The third kappa shape index (κ3) is 1.92. The predicted molar refractivity (Wildman–Crippen MR) is 49.5 cm³/mol. The third-order valence-electron chi connectivity index (χ3n) is 1.53. The van der Waals surface area contributed by atoms with E-state index in [1.54, 1.807) is 24.4 Å². The highest BCUT2D eigenvalue weighted by Crippen LogP contribution is 2.09. The van der Waals surface area contributed by atoms with E-state index in [9.17, 15) is 0 Å². The number of aromatic nitrogens is 4. The summed E-state index contributed by atoms with van der Waals surface area (Å²) in [6.45, 7) is 0. The fourth-order valence-corrected chi connectivity index (χ4v) is 0.949. The van der Waals surface area contributed by atoms with E-state index in [0.29, 0.717) is 0 Å². The minimum atomic E-state index is 0.196. The van der Waals surface area contributed by atoms with Gasteiger partial charge in [0.1, 0.15) is 5.75 Å². The van der Waals surface area contributed by atoms with E-state index in [4.69, 9.17) is 5.11 Å². The molecule has 70 valence electrons. The van der Waals surface area contributed by atoms with Gasteiger partial charge in [-0.1, -0.05) is 17.2 Å². The van der Waals surface area contributed by atoms with Crippen molar-refractivity contribution in [1.29, 1.82) is 0 Å². The molecule has 0 bridgehead atoms. The maximum Gasteiger partial charge on any atom is 0.288 e. The molecule has 0 spiro atoms. The van der Waals surface area contributed by atoms with Crippen molar-refractivity contribution in [1.82, 2.24) is 20.6 Å². The summed E-state index contributed by atoms with van der Waals surface area (Å²) < 4.78 is 0. The smallest absolute Gasteiger partial charge is 0.288 e. The van der Waals surface area contributed by atoms with E-state index >= 15 is 0 Å². The highest BCUT2D eigenvalue weighted by Gasteiger charge is 1.93. The maximum atomic E-state index is 9.16. The van der Waals surface area contributed by atoms with Crippen LogP contribution >= 0.6 is 0 Å². The number of nitrogens with one attached hydrogen (secondary N) is 1. The zero-order chi connectivity index (χ0) is 9.80. The van der Waals surface area contributed by atoms with Crippen LogP contribution in [-0.4, -0.2) is 31.9 Å². The van der Waals surface area contributed by atoms with Crippen molar-refractivity contribution in [2.45, 2.75) is 0 Å². The highest BCUT2D eigenvalue weighted by molar-refractivity contribution is 5.81. The molecular formula is C8H7N5O. The van der Waals surface area contributed by atoms with Gasteiger partial charge in [-0.25, -0.2) is 4.99 Å². The Morgan fingerprint density at radius 3 is 3.07 bits per heavy atom. The molecule has 6 heteroatoms. The summed E-state index contributed by atoms with van der Waals surface area (Å²) in [7, 11) is 0. The lowest BCUT2D eigenvalue weighted by Crippen LogP contribution is -1.79. The number of tetrazole rings is 1. The molecule has 0 fully saturated rings. The number of hydrogen-bond acceptors (Lipinski definition) is 5. The Labute approximate surface area is 79.3 Å². The lowest BCUT2D eigenvalue weighted by atomic mass is 10.2. The van der Waals surface area contributed by atoms with Crippen molar-refractivity contribution in [2.24, 2.45) is 4.99 Å². The molecule has 0 saturated heterocycles. The zero-order valence-corrected chi connectivity index (χ0v) is 7.12. The second-order valence-corrected chi connectivity index (χ2v) is 2.56. The molecule has 0 saturated carbocycles. The summed E-state index contributed by atoms with van der Waals surface area (Å²) in [5.41, 5.74) is 0.773. The lowest BCUT2D eigenvalue weighted by Gasteiger charge is -1.92. The molecule has 1 aromatic heterocycles. The van der Waals surface area contributed by atoms with Gasteiger partial charge in [0.2, 0.25) is 0 Å². The molecule has 6 nitrogen and oxygen atoms in total. The van der Waals surface area contributed by atoms with Crippen molar-refractivity contribution in [3.8, 4) is 5.75 Å². The highest BCUT2D eigenvalue weighted by atomic mass is 16.3. The maximum absolute atomic E-state index is 9.16. The molecule has 1 aromatic carbocycles. The van der Waals surface area contributed by atoms with Gasteiger partial charge >= 0.3 is 0 Å². The second-order valence-electron chi connectivity index (χ2n) is 2.56. The van der Waals surface area contributed by atoms with E-state index in [2.05, 4.69) is 25.6 Å². The number of hydrogen-bond donors (Lipinski definition) is 2. The van der Waals surface area contributed by atoms with Crippen LogP contribution in [0.1, 0.15) is 5.56 Å². The normalized spacial score (nSPS) is 10.9. The van der Waals surface area contributed by atoms with Crippen LogP contribution < -0.4 is 0 Å². The molecule has 0 radical (unpaired) electrons. The summed E-state index contributed by atoms with van der Waals surface area (Å²) in [5, 5.41) is 22.1. The van der Waals surface area contributed by atoms with Crippen molar-refractivity contribution in [2.75, 3.05) is 0 Å². The monoisotopic (exact) mass is 189 g/mol. The molecule has 0 aliphatic rings. The number of aliphatic imine (C=N–C) groups is 1. The van der Waals surface area contributed by atoms with E-state index in [1.165, 1.54) is 0 Å². The first-order valence-corrected chi connectivity index (χ1v) is 3.91. The van der Waals surface area contributed by atoms with Crippen LogP contribution in [0.3, 0.4) is 0 Å². The second kappa shape index (κ2) is 3.65. The molecule has 2 aromatic rings. The van der Waals surface area contributed by atoms with Crippen LogP contribution in [0.15, 0.2) is 29.3 Å². The van der Waals surface area contributed by atoms with Crippen LogP contribution in [0.5, 0.6) is 5.75 Å². The molecule has 0 aliphatic heterocycles. The summed E-state index contributed by atoms with van der Waals surface area (Å²) in [6.07, 6.45) is 1.55. The van der Waals surface area contributed by atoms with Crippen LogP contribution in [0.2, 0.25) is 0 Å². The Bertz CT molecular complexity index is 437. The van der Waals surface area contributed by atoms with Crippen molar-refractivity contribution in [3.63, 3.8) is 0 Å². The number of aromatic hydroxyl groups is 1. The summed E-state index contributed by atoms with van der Waals surface area (Å²) >= 11 is 0. The first-order chi connectivity index (χ1) is 6.84. The molecule has 0 atom stereocenters. The van der Waals surface area contributed by atoms with Crippen molar-refractivity contribution >= 4 is 12.2 Å². The van der Waals surface area contributed by atoms with Crippen LogP contribution in [0.25, 0.3) is 0 Å². The zero-order valence-electron chi connectivity index (χ0n) is 7.12. The van der Waals surface area contributed by atoms with Gasteiger partial charge in [-0.3, -0.25) is 0 Å². The Balaban J connectivity index is 2.18. The Hall–Kier alpha value is -2.24. The summed E-state index contributed by atoms with van der Waals surface area (Å²) in [5.74, 6) is 0.454. The van der Waals surface area contributed by atoms with Gasteiger partial charge in [-0.15, -0.1) is 5.10 Å². The molecule has 2 rings (SSSR count). The topological polar surface area (TPSA) is 87.0 Å². The number of aromatic amines is 1. The number of phenols is 1. The van der Waals surface area contributed by atoms with Gasteiger partial charge in [-0.2, -0.15) is 5.21 Å². The fourth-order valence-electron chi connectivity index (χ4n) is 0.949. The number of rotatable bonds is 2. The van der Waals surface area contributed by atoms with E-state index < -0.39 is 0 Å². The quantitative estimate of drug-likeness (QED) is 0.679. The largest absolute Gasteiger partial charge is 0.508 e. The van der Waals surface area contributed by atoms with Gasteiger partial charge in [0.25, 0.3) is 5.95 Å². The molecule has 0 aliphatic carbocycles. The predicted octanol–water partition coefficient (Wildman–Crippen LogP) is 0.656. The lowest BCUT2D eigenvalue weighted by molar-refractivity contribution is 0.475. The molecule has 1 heterocycles. The van der Waals surface area contributed by atoms with E-state index in [1.807, 2.05) is 6.07 Å². The average Bonchev–Trinajstić information content (AvgIpc) is 2.67. The minimum absolute atomic E-state index is 0.196. The van der Waals surface area contributed by atoms with Crippen LogP contribution in [0, 0.1) is 0 Å². The Kier molecular flexibility index (Phi) is 2.18. The average molecular weight is 189 g/mol. The summed E-state index contributed by atoms with van der Waals surface area (Å²) in [4.78, 5) is 3.93. The van der Waals surface area contributed by atoms with Crippen LogP contribution in [-0.2, 0) is 0 Å². The fraction of sp³-hybridized carbons (Fsp3) is 0. The summed E-state index contributed by atoms with van der Waals surface area (Å²) in [6, 6.07) is 6.71. The van der Waals surface area contributed by atoms with Gasteiger partial charge in [0, 0.05) is 6.21 Å². The minimum Gasteiger partial charge on any atom is -0.508 e. The van der Waals surface area contributed by atoms with Gasteiger partial charge < -0.3 is 5.11 Å². The SMILES string of the molecule is Oc1cccc(/C=N/c2nn[nH]n2)c1. The van der Waals surface area contributed by atoms with Crippen LogP contribution in [0.4, 0.5) is 5.95 Å². The number of benzene rings is 1. The number of phenolic OH excluding ortho intramolecular Hbond substituents is 1. The van der Waals surface area contributed by atoms with Gasteiger partial charge in [-0.05, 0) is 22.9 Å². The Morgan fingerprint density at radius 1 is 1.43 bits per heavy atom. The molecule has 2 N–H and O–H groups in total. The standard InChI is InChI=1S/C8H7N5O/c14-7-3-1-2-6(4-7)5-9-8-10-12-13-11-8/h1-5,14H,(H,10,11,12,13)/b9-5+. The van der Waals surface area contributed by atoms with Crippen molar-refractivity contribution < 1.29 is 5.11 Å². The van der Waals surface area contributed by atoms with Crippen molar-refractivity contribution in [3.05, 3.63) is 29.8 Å². The van der Waals surface area contributed by atoms with Gasteiger partial charge in [0.05, 0.1) is 0 Å². The molecular weight excluding hydrogens is 182 g/mol. The third-order valence-corrected chi connectivity index (χ3v) is 1.53.